The molecule has 0 saturated carbocycles. The molecule has 0 aromatic heterocycles. The second-order valence-electron chi connectivity index (χ2n) is 6.49. The summed E-state index contributed by atoms with van der Waals surface area (Å²) in [6.07, 6.45) is 0. The van der Waals surface area contributed by atoms with Crippen molar-refractivity contribution in [3.63, 3.8) is 0 Å². The third-order valence-electron chi connectivity index (χ3n) is 4.21. The molecule has 1 aliphatic carbocycles. The van der Waals surface area contributed by atoms with Crippen molar-refractivity contribution in [2.24, 2.45) is 0 Å². The summed E-state index contributed by atoms with van der Waals surface area (Å²) in [5.41, 5.74) is 5.32. The first kappa shape index (κ1) is 23.7. The molecule has 0 bridgehead atoms. The number of aryl methyl sites for hydroxylation is 2. The molecule has 0 radical (unpaired) electrons. The monoisotopic (exact) mass is 480 g/mol. The van der Waals surface area contributed by atoms with Crippen LogP contribution in [0, 0.1) is 13.8 Å². The normalized spacial score (nSPS) is 9.85. The van der Waals surface area contributed by atoms with Crippen LogP contribution in [0.4, 0.5) is 5.69 Å². The van der Waals surface area contributed by atoms with Gasteiger partial charge >= 0.3 is 34.5 Å². The Balaban J connectivity index is 0.000000791. The molecule has 3 rings (SSSR count). The van der Waals surface area contributed by atoms with Crippen LogP contribution in [0.15, 0.2) is 30.3 Å². The van der Waals surface area contributed by atoms with Gasteiger partial charge in [-0.1, -0.05) is 0 Å². The zero-order valence-corrected chi connectivity index (χ0v) is 22.1. The summed E-state index contributed by atoms with van der Waals surface area (Å²) in [7, 11) is 18.3. The van der Waals surface area contributed by atoms with Gasteiger partial charge in [0.2, 0.25) is 5.36 Å². The van der Waals surface area contributed by atoms with Crippen molar-refractivity contribution in [3.8, 4) is 10.4 Å². The molecular weight excluding hydrogens is 460 g/mol. The third-order valence-corrected chi connectivity index (χ3v) is 5.32. The number of fused-ring (bicyclic) bond motifs is 2. The van der Waals surface area contributed by atoms with Gasteiger partial charge in [-0.2, -0.15) is 0 Å². The molecule has 0 saturated heterocycles. The van der Waals surface area contributed by atoms with Crippen LogP contribution in [0.5, 0.6) is 0 Å². The van der Waals surface area contributed by atoms with E-state index in [0.29, 0.717) is 0 Å². The summed E-state index contributed by atoms with van der Waals surface area (Å²) < 4.78 is 3.52. The molecule has 0 N–H and O–H groups in total. The number of halogens is 3. The standard InChI is InChI=1S/C19H23N2S.3ClH.Zn/c1-12-7-14(20(3)4)9-18-16(12)11-17-13(2)8-15(21(5)6)10-19(17)22-18;;;;/h7-11H,1-6H3;3*1H;/q+1;;;;+2/p-3. The maximum absolute atomic E-state index is 4.95. The van der Waals surface area contributed by atoms with Crippen molar-refractivity contribution in [3.05, 3.63) is 46.8 Å². The fraction of sp³-hybridized carbons (Fsp3) is 0.316. The quantitative estimate of drug-likeness (QED) is 0.292. The van der Waals surface area contributed by atoms with Crippen LogP contribution in [0.3, 0.4) is 0 Å². The van der Waals surface area contributed by atoms with E-state index in [0.717, 1.165) is 0 Å². The first-order valence-corrected chi connectivity index (χ1v) is 16.7. The van der Waals surface area contributed by atoms with Gasteiger partial charge in [-0.3, -0.25) is 0 Å². The zero-order valence-electron chi connectivity index (χ0n) is 16.0. The summed E-state index contributed by atoms with van der Waals surface area (Å²) in [5.74, 6) is 0. The first-order valence-electron chi connectivity index (χ1n) is 8.07. The molecule has 0 unspecified atom stereocenters. The second kappa shape index (κ2) is 10.2. The van der Waals surface area contributed by atoms with E-state index in [2.05, 4.69) is 81.8 Å². The summed E-state index contributed by atoms with van der Waals surface area (Å²) in [5, 5.41) is 2.63. The van der Waals surface area contributed by atoms with E-state index in [1.165, 1.54) is 42.7 Å². The van der Waals surface area contributed by atoms with Crippen LogP contribution in [0.2, 0.25) is 0 Å². The van der Waals surface area contributed by atoms with Gasteiger partial charge in [0.05, 0.1) is 0 Å². The van der Waals surface area contributed by atoms with E-state index in [1.54, 1.807) is 0 Å². The Kier molecular flexibility index (Phi) is 9.32. The molecule has 0 spiro atoms. The Morgan fingerprint density at radius 3 is 2.12 bits per heavy atom. The van der Waals surface area contributed by atoms with Gasteiger partial charge in [0.1, 0.15) is 14.1 Å². The Morgan fingerprint density at radius 2 is 1.58 bits per heavy atom. The molecule has 1 heterocycles. The molecule has 2 aliphatic rings. The van der Waals surface area contributed by atoms with Crippen molar-refractivity contribution in [2.75, 3.05) is 33.1 Å². The molecule has 1 aromatic carbocycles. The van der Waals surface area contributed by atoms with Gasteiger partial charge in [0.15, 0.2) is 0 Å². The van der Waals surface area contributed by atoms with Gasteiger partial charge in [-0.25, -0.2) is 4.58 Å². The summed E-state index contributed by atoms with van der Waals surface area (Å²) in [4.78, 5) is 3.52. The fourth-order valence-electron chi connectivity index (χ4n) is 2.81. The van der Waals surface area contributed by atoms with Gasteiger partial charge < -0.3 is 17.3 Å². The number of anilines is 1. The van der Waals surface area contributed by atoms with Gasteiger partial charge in [-0.05, 0) is 54.1 Å². The molecule has 7 heteroatoms. The van der Waals surface area contributed by atoms with Crippen LogP contribution >= 0.6 is 30.7 Å². The molecule has 0 amide bonds. The van der Waals surface area contributed by atoms with Crippen LogP contribution in [0.25, 0.3) is 20.5 Å². The van der Waals surface area contributed by atoms with E-state index in [9.17, 15) is 0 Å². The van der Waals surface area contributed by atoms with Gasteiger partial charge in [0, 0.05) is 41.5 Å². The average Bonchev–Trinajstić information content (AvgIpc) is 2.53. The predicted molar refractivity (Wildman–Crippen MR) is 111 cm³/mol. The minimum absolute atomic E-state index is 0. The molecule has 138 valence electrons. The Labute approximate surface area is 181 Å². The Hall–Kier alpha value is -0.377. The van der Waals surface area contributed by atoms with E-state index < -0.39 is 15.1 Å². The number of hydrogen-bond acceptors (Lipinski definition) is 2. The third kappa shape index (κ3) is 5.33. The summed E-state index contributed by atoms with van der Waals surface area (Å²) in [6, 6.07) is 11.5. The first-order chi connectivity index (χ1) is 11.8. The van der Waals surface area contributed by atoms with Crippen LogP contribution in [0.1, 0.15) is 11.1 Å². The Bertz CT molecular complexity index is 934. The molecule has 26 heavy (non-hydrogen) atoms. The zero-order chi connectivity index (χ0) is 18.7. The van der Waals surface area contributed by atoms with Gasteiger partial charge in [0.25, 0.3) is 0 Å². The van der Waals surface area contributed by atoms with E-state index in [4.69, 9.17) is 19.4 Å². The Morgan fingerprint density at radius 1 is 0.962 bits per heavy atom. The van der Waals surface area contributed by atoms with Crippen molar-refractivity contribution < 1.29 is 27.6 Å². The number of rotatable bonds is 1. The van der Waals surface area contributed by atoms with E-state index in [-0.39, 0.29) is 12.4 Å². The summed E-state index contributed by atoms with van der Waals surface area (Å²) >= 11 is 0.959. The van der Waals surface area contributed by atoms with Crippen molar-refractivity contribution in [1.29, 1.82) is 0 Å². The molecule has 2 nitrogen and oxygen atoms in total. The molecular formula is C19H23Cl3N2SZn. The van der Waals surface area contributed by atoms with Crippen molar-refractivity contribution >= 4 is 46.5 Å². The second-order valence-corrected chi connectivity index (χ2v) is 12.2. The number of hydrogen-bond donors (Lipinski definition) is 0. The fourth-order valence-corrected chi connectivity index (χ4v) is 4.07. The SMILES string of the molecule is Cc1cc(=[N+](C)C)cc2sc3cc(N(C)C)cc(C)c3cc1-2.[Cl-].[Cl][Zn][Cl]. The van der Waals surface area contributed by atoms with Crippen LogP contribution in [-0.2, 0) is 15.1 Å². The van der Waals surface area contributed by atoms with E-state index in [1.807, 2.05) is 11.3 Å². The maximum atomic E-state index is 4.95. The molecule has 1 aliphatic heterocycles. The number of benzene rings is 2. The van der Waals surface area contributed by atoms with Crippen LogP contribution in [-0.4, -0.2) is 28.2 Å². The van der Waals surface area contributed by atoms with Gasteiger partial charge in [-0.15, -0.1) is 11.3 Å². The van der Waals surface area contributed by atoms with E-state index >= 15 is 0 Å². The summed E-state index contributed by atoms with van der Waals surface area (Å²) in [6.45, 7) is 4.41. The number of nitrogens with zero attached hydrogens (tertiary/aromatic N) is 2. The van der Waals surface area contributed by atoms with Crippen molar-refractivity contribution in [2.45, 2.75) is 13.8 Å². The average molecular weight is 483 g/mol. The molecule has 1 aromatic rings. The molecule has 0 atom stereocenters. The molecule has 0 fully saturated rings. The van der Waals surface area contributed by atoms with Crippen LogP contribution < -0.4 is 27.2 Å². The topological polar surface area (TPSA) is 6.25 Å². The predicted octanol–water partition coefficient (Wildman–Crippen LogP) is 2.10. The van der Waals surface area contributed by atoms with Crippen molar-refractivity contribution in [1.82, 2.24) is 4.58 Å². The minimum atomic E-state index is -0.931.